The zero-order valence-electron chi connectivity index (χ0n) is 12.6. The van der Waals surface area contributed by atoms with Crippen LogP contribution in [0.1, 0.15) is 37.5 Å². The van der Waals surface area contributed by atoms with E-state index in [1.165, 1.54) is 0 Å². The van der Waals surface area contributed by atoms with E-state index in [1.807, 2.05) is 12.1 Å². The predicted octanol–water partition coefficient (Wildman–Crippen LogP) is 2.56. The fourth-order valence-electron chi connectivity index (χ4n) is 4.09. The lowest BCUT2D eigenvalue weighted by Crippen LogP contribution is -2.42. The van der Waals surface area contributed by atoms with Crippen LogP contribution in [0.2, 0.25) is 0 Å². The molecule has 2 aliphatic heterocycles. The van der Waals surface area contributed by atoms with E-state index in [9.17, 15) is 8.42 Å². The number of fused-ring (bicyclic) bond motifs is 1. The first-order valence-corrected chi connectivity index (χ1v) is 9.51. The second kappa shape index (κ2) is 5.51. The lowest BCUT2D eigenvalue weighted by molar-refractivity contribution is 0.310. The summed E-state index contributed by atoms with van der Waals surface area (Å²) in [6.07, 6.45) is 9.77. The highest BCUT2D eigenvalue weighted by Gasteiger charge is 2.45. The molecular weight excluding hydrogens is 300 g/mol. The molecule has 0 radical (unpaired) electrons. The maximum absolute atomic E-state index is 13.1. The monoisotopic (exact) mass is 322 g/mol. The van der Waals surface area contributed by atoms with Gasteiger partial charge in [0.25, 0.3) is 10.2 Å². The number of hydrogen-bond acceptors (Lipinski definition) is 3. The Morgan fingerprint density at radius 2 is 1.86 bits per heavy atom. The van der Waals surface area contributed by atoms with Crippen molar-refractivity contribution in [3.05, 3.63) is 36.3 Å². The molecule has 0 unspecified atom stereocenters. The summed E-state index contributed by atoms with van der Waals surface area (Å²) in [4.78, 5) is 0. The van der Waals surface area contributed by atoms with Gasteiger partial charge in [0.15, 0.2) is 0 Å². The van der Waals surface area contributed by atoms with Gasteiger partial charge in [0.05, 0.1) is 12.3 Å². The minimum Gasteiger partial charge on any atom is -0.468 e. The number of furan rings is 1. The molecule has 0 saturated carbocycles. The molecule has 3 heterocycles. The summed E-state index contributed by atoms with van der Waals surface area (Å²) in [5.74, 6) is 1.74. The van der Waals surface area contributed by atoms with E-state index in [-0.39, 0.29) is 6.04 Å². The van der Waals surface area contributed by atoms with Crippen molar-refractivity contribution < 1.29 is 12.8 Å². The third-order valence-electron chi connectivity index (χ3n) is 5.29. The molecule has 0 amide bonds. The van der Waals surface area contributed by atoms with Gasteiger partial charge in [-0.05, 0) is 49.7 Å². The van der Waals surface area contributed by atoms with Crippen LogP contribution in [0.4, 0.5) is 0 Å². The normalized spacial score (nSPS) is 33.4. The van der Waals surface area contributed by atoms with Crippen molar-refractivity contribution in [2.45, 2.75) is 31.7 Å². The van der Waals surface area contributed by atoms with Crippen LogP contribution < -0.4 is 0 Å². The molecule has 0 spiro atoms. The number of rotatable bonds is 3. The highest BCUT2D eigenvalue weighted by atomic mass is 32.2. The van der Waals surface area contributed by atoms with Gasteiger partial charge in [0.2, 0.25) is 0 Å². The van der Waals surface area contributed by atoms with E-state index in [2.05, 4.69) is 12.2 Å². The number of hydrogen-bond donors (Lipinski definition) is 0. The molecule has 6 heteroatoms. The lowest BCUT2D eigenvalue weighted by Gasteiger charge is -2.27. The molecule has 0 aromatic carbocycles. The topological polar surface area (TPSA) is 53.8 Å². The Balaban J connectivity index is 1.56. The number of nitrogens with zero attached hydrogens (tertiary/aromatic N) is 2. The van der Waals surface area contributed by atoms with Crippen molar-refractivity contribution in [1.82, 2.24) is 8.61 Å². The van der Waals surface area contributed by atoms with Gasteiger partial charge in [-0.15, -0.1) is 0 Å². The summed E-state index contributed by atoms with van der Waals surface area (Å²) in [7, 11) is -3.39. The minimum absolute atomic E-state index is 0.138. The molecule has 0 bridgehead atoms. The summed E-state index contributed by atoms with van der Waals surface area (Å²) in [5.41, 5.74) is 0. The maximum atomic E-state index is 13.1. The largest absolute Gasteiger partial charge is 0.468 e. The predicted molar refractivity (Wildman–Crippen MR) is 83.2 cm³/mol. The van der Waals surface area contributed by atoms with Gasteiger partial charge < -0.3 is 4.42 Å². The highest BCUT2D eigenvalue weighted by Crippen LogP contribution is 2.39. The van der Waals surface area contributed by atoms with Crippen molar-refractivity contribution in [2.24, 2.45) is 11.8 Å². The molecule has 22 heavy (non-hydrogen) atoms. The first-order valence-electron chi connectivity index (χ1n) is 8.11. The second-order valence-corrected chi connectivity index (χ2v) is 8.45. The van der Waals surface area contributed by atoms with Crippen molar-refractivity contribution in [2.75, 3.05) is 19.6 Å². The van der Waals surface area contributed by atoms with Gasteiger partial charge in [-0.3, -0.25) is 0 Å². The van der Waals surface area contributed by atoms with E-state index in [0.717, 1.165) is 31.4 Å². The Bertz CT molecular complexity index is 637. The first-order chi connectivity index (χ1) is 10.7. The average Bonchev–Trinajstić information content (AvgIpc) is 3.25. The molecule has 1 aromatic rings. The third kappa shape index (κ3) is 2.33. The minimum atomic E-state index is -3.39. The van der Waals surface area contributed by atoms with Gasteiger partial charge in [0.1, 0.15) is 5.76 Å². The number of allylic oxidation sites excluding steroid dienone is 2. The Kier molecular flexibility index (Phi) is 3.63. The van der Waals surface area contributed by atoms with Crippen LogP contribution in [-0.4, -0.2) is 36.7 Å². The molecule has 1 aliphatic carbocycles. The lowest BCUT2D eigenvalue weighted by atomic mass is 9.86. The second-order valence-electron chi connectivity index (χ2n) is 6.57. The fraction of sp³-hybridized carbons (Fsp3) is 0.625. The summed E-state index contributed by atoms with van der Waals surface area (Å²) < 4.78 is 35.0. The summed E-state index contributed by atoms with van der Waals surface area (Å²) in [6, 6.07) is 3.57. The van der Waals surface area contributed by atoms with Gasteiger partial charge in [0, 0.05) is 19.6 Å². The van der Waals surface area contributed by atoms with Gasteiger partial charge in [-0.2, -0.15) is 17.0 Å². The summed E-state index contributed by atoms with van der Waals surface area (Å²) in [5, 5.41) is 0. The third-order valence-corrected chi connectivity index (χ3v) is 7.27. The van der Waals surface area contributed by atoms with E-state index in [0.29, 0.717) is 31.5 Å². The van der Waals surface area contributed by atoms with Gasteiger partial charge in [-0.25, -0.2) is 0 Å². The van der Waals surface area contributed by atoms with Crippen molar-refractivity contribution in [3.8, 4) is 0 Å². The van der Waals surface area contributed by atoms with Gasteiger partial charge in [-0.1, -0.05) is 12.2 Å². The molecule has 2 saturated heterocycles. The van der Waals surface area contributed by atoms with Crippen molar-refractivity contribution >= 4 is 10.2 Å². The molecule has 120 valence electrons. The smallest absolute Gasteiger partial charge is 0.282 e. The van der Waals surface area contributed by atoms with Crippen LogP contribution >= 0.6 is 0 Å². The SMILES string of the molecule is O=S(=O)(N1C[C@@H]2CC=CC[C@H]2C1)N1CCC[C@@H]1c1ccco1. The fourth-order valence-corrected chi connectivity index (χ4v) is 6.04. The molecule has 2 fully saturated rings. The zero-order valence-corrected chi connectivity index (χ0v) is 13.4. The van der Waals surface area contributed by atoms with Crippen molar-refractivity contribution in [1.29, 1.82) is 0 Å². The van der Waals surface area contributed by atoms with E-state index in [1.54, 1.807) is 14.9 Å². The average molecular weight is 322 g/mol. The van der Waals surface area contributed by atoms with E-state index >= 15 is 0 Å². The van der Waals surface area contributed by atoms with E-state index in [4.69, 9.17) is 4.42 Å². The Labute approximate surface area is 131 Å². The molecule has 5 nitrogen and oxygen atoms in total. The van der Waals surface area contributed by atoms with Crippen molar-refractivity contribution in [3.63, 3.8) is 0 Å². The molecule has 1 aromatic heterocycles. The quantitative estimate of drug-likeness (QED) is 0.804. The summed E-state index contributed by atoms with van der Waals surface area (Å²) in [6.45, 7) is 1.93. The van der Waals surface area contributed by atoms with E-state index < -0.39 is 10.2 Å². The molecule has 3 atom stereocenters. The van der Waals surface area contributed by atoms with Gasteiger partial charge >= 0.3 is 0 Å². The summed E-state index contributed by atoms with van der Waals surface area (Å²) >= 11 is 0. The first kappa shape index (κ1) is 14.5. The molecule has 4 rings (SSSR count). The van der Waals surface area contributed by atoms with Crippen LogP contribution in [0, 0.1) is 11.8 Å². The molecule has 0 N–H and O–H groups in total. The Morgan fingerprint density at radius 3 is 2.50 bits per heavy atom. The maximum Gasteiger partial charge on any atom is 0.282 e. The molecular formula is C16H22N2O3S. The van der Waals surface area contributed by atoms with Crippen LogP contribution in [0.5, 0.6) is 0 Å². The van der Waals surface area contributed by atoms with Crippen LogP contribution in [0.15, 0.2) is 35.0 Å². The van der Waals surface area contributed by atoms with Crippen LogP contribution in [0.3, 0.4) is 0 Å². The Hall–Kier alpha value is -1.11. The standard InChI is InChI=1S/C16H22N2O3S/c19-22(20,17-11-13-5-1-2-6-14(13)12-17)18-9-3-7-15(18)16-8-4-10-21-16/h1-2,4,8,10,13-15H,3,5-7,9,11-12H2/t13-,14-,15+/m0/s1. The zero-order chi connectivity index (χ0) is 15.2. The molecule has 3 aliphatic rings. The van der Waals surface area contributed by atoms with Crippen LogP contribution in [-0.2, 0) is 10.2 Å². The highest BCUT2D eigenvalue weighted by molar-refractivity contribution is 7.86. The Morgan fingerprint density at radius 1 is 1.14 bits per heavy atom. The van der Waals surface area contributed by atoms with Crippen LogP contribution in [0.25, 0.3) is 0 Å².